The molecular formula is C25H46N4. The first kappa shape index (κ1) is 20.7. The van der Waals surface area contributed by atoms with E-state index in [-0.39, 0.29) is 0 Å². The van der Waals surface area contributed by atoms with Crippen molar-refractivity contribution in [3.63, 3.8) is 0 Å². The van der Waals surface area contributed by atoms with Crippen molar-refractivity contribution >= 4 is 0 Å². The Labute approximate surface area is 179 Å². The maximum Gasteiger partial charge on any atom is 0.0270 e. The minimum absolute atomic E-state index is 0.389. The number of rotatable bonds is 3. The van der Waals surface area contributed by atoms with Gasteiger partial charge in [-0.1, -0.05) is 45.4 Å². The average molecular weight is 403 g/mol. The molecule has 7 unspecified atom stereocenters. The summed E-state index contributed by atoms with van der Waals surface area (Å²) in [6.45, 7) is 2.38. The maximum absolute atomic E-state index is 6.63. The van der Waals surface area contributed by atoms with Crippen LogP contribution in [0.3, 0.4) is 0 Å². The van der Waals surface area contributed by atoms with Gasteiger partial charge in [0.15, 0.2) is 0 Å². The van der Waals surface area contributed by atoms with Gasteiger partial charge in [0.1, 0.15) is 0 Å². The normalized spacial score (nSPS) is 45.5. The van der Waals surface area contributed by atoms with E-state index in [2.05, 4.69) is 22.5 Å². The molecule has 5 aliphatic rings. The van der Waals surface area contributed by atoms with Crippen LogP contribution in [0.25, 0.3) is 0 Å². The molecule has 4 N–H and O–H groups in total. The van der Waals surface area contributed by atoms with E-state index in [9.17, 15) is 0 Å². The van der Waals surface area contributed by atoms with Crippen LogP contribution in [0.4, 0.5) is 0 Å². The Morgan fingerprint density at radius 2 is 1.41 bits per heavy atom. The minimum atomic E-state index is 0.389. The number of nitrogens with two attached hydrogens (primary N) is 1. The maximum atomic E-state index is 6.63. The van der Waals surface area contributed by atoms with Gasteiger partial charge >= 0.3 is 0 Å². The lowest BCUT2D eigenvalue weighted by Gasteiger charge is -2.59. The summed E-state index contributed by atoms with van der Waals surface area (Å²) in [5.41, 5.74) is 6.63. The number of piperazine rings is 1. The van der Waals surface area contributed by atoms with Crippen LogP contribution in [0, 0.1) is 5.92 Å². The van der Waals surface area contributed by atoms with Crippen LogP contribution in [-0.2, 0) is 0 Å². The first-order valence-electron chi connectivity index (χ1n) is 13.2. The molecule has 4 nitrogen and oxygen atoms in total. The zero-order valence-electron chi connectivity index (χ0n) is 18.8. The SMILES string of the molecule is CC1CC2NC3CCC(NC4CCCCC4)CC3N(C3CCCCC3)C2CC1N. The van der Waals surface area contributed by atoms with Crippen molar-refractivity contribution in [1.82, 2.24) is 15.5 Å². The van der Waals surface area contributed by atoms with Crippen LogP contribution in [0.5, 0.6) is 0 Å². The first-order valence-corrected chi connectivity index (χ1v) is 13.2. The lowest BCUT2D eigenvalue weighted by Crippen LogP contribution is -2.73. The highest BCUT2D eigenvalue weighted by Gasteiger charge is 2.50. The zero-order chi connectivity index (χ0) is 19.8. The molecule has 0 aromatic rings. The Kier molecular flexibility index (Phi) is 6.53. The summed E-state index contributed by atoms with van der Waals surface area (Å²) < 4.78 is 0. The summed E-state index contributed by atoms with van der Waals surface area (Å²) in [4.78, 5) is 3.07. The largest absolute Gasteiger partial charge is 0.327 e. The lowest BCUT2D eigenvalue weighted by molar-refractivity contribution is -0.0597. The standard InChI is InChI=1S/C25H46N4/c1-17-14-23-25(16-21(17)26)29(20-10-6-3-7-11-20)24-15-19(12-13-22(24)28-23)27-18-8-4-2-5-9-18/h17-25,27-28H,2-16,26H2,1H3. The third-order valence-electron chi connectivity index (χ3n) is 9.42. The molecule has 1 heterocycles. The third-order valence-corrected chi connectivity index (χ3v) is 9.42. The van der Waals surface area contributed by atoms with Crippen molar-refractivity contribution in [2.45, 2.75) is 152 Å². The van der Waals surface area contributed by atoms with Gasteiger partial charge in [-0.25, -0.2) is 0 Å². The van der Waals surface area contributed by atoms with Gasteiger partial charge in [-0.2, -0.15) is 0 Å². The Balaban J connectivity index is 1.33. The van der Waals surface area contributed by atoms with Crippen LogP contribution >= 0.6 is 0 Å². The quantitative estimate of drug-likeness (QED) is 0.669. The van der Waals surface area contributed by atoms with E-state index in [1.54, 1.807) is 0 Å². The highest BCUT2D eigenvalue weighted by Crippen LogP contribution is 2.41. The molecule has 0 bridgehead atoms. The summed E-state index contributed by atoms with van der Waals surface area (Å²) in [6, 6.07) is 5.54. The second-order valence-corrected chi connectivity index (χ2v) is 11.4. The molecule has 0 radical (unpaired) electrons. The molecule has 1 saturated heterocycles. The fourth-order valence-corrected chi connectivity index (χ4v) is 7.78. The van der Waals surface area contributed by atoms with E-state index in [1.165, 1.54) is 96.3 Å². The van der Waals surface area contributed by atoms with Gasteiger partial charge < -0.3 is 16.4 Å². The number of nitrogens with one attached hydrogen (secondary N) is 2. The Bertz CT molecular complexity index is 527. The van der Waals surface area contributed by atoms with Crippen LogP contribution in [0.15, 0.2) is 0 Å². The number of hydrogen-bond acceptors (Lipinski definition) is 4. The molecule has 5 fully saturated rings. The van der Waals surface area contributed by atoms with Gasteiger partial charge in [-0.05, 0) is 63.7 Å². The van der Waals surface area contributed by atoms with Gasteiger partial charge in [-0.3, -0.25) is 4.90 Å². The number of hydrogen-bond donors (Lipinski definition) is 3. The fraction of sp³-hybridized carbons (Fsp3) is 1.00. The zero-order valence-corrected chi connectivity index (χ0v) is 18.8. The molecule has 5 rings (SSSR count). The van der Waals surface area contributed by atoms with Crippen LogP contribution in [0.1, 0.15) is 103 Å². The van der Waals surface area contributed by atoms with Crippen molar-refractivity contribution in [3.05, 3.63) is 0 Å². The van der Waals surface area contributed by atoms with Crippen LogP contribution in [0.2, 0.25) is 0 Å². The molecule has 29 heavy (non-hydrogen) atoms. The van der Waals surface area contributed by atoms with Crippen molar-refractivity contribution in [2.24, 2.45) is 11.7 Å². The summed E-state index contributed by atoms with van der Waals surface area (Å²) in [5, 5.41) is 8.30. The van der Waals surface area contributed by atoms with E-state index < -0.39 is 0 Å². The van der Waals surface area contributed by atoms with Crippen LogP contribution < -0.4 is 16.4 Å². The molecule has 4 saturated carbocycles. The van der Waals surface area contributed by atoms with Gasteiger partial charge in [0.05, 0.1) is 0 Å². The number of fused-ring (bicyclic) bond motifs is 2. The molecule has 0 spiro atoms. The summed E-state index contributed by atoms with van der Waals surface area (Å²) in [7, 11) is 0. The summed E-state index contributed by atoms with van der Waals surface area (Å²) >= 11 is 0. The average Bonchev–Trinajstić information content (AvgIpc) is 2.75. The molecular weight excluding hydrogens is 356 g/mol. The molecule has 7 atom stereocenters. The van der Waals surface area contributed by atoms with Gasteiger partial charge in [0.2, 0.25) is 0 Å². The van der Waals surface area contributed by atoms with Gasteiger partial charge in [0.25, 0.3) is 0 Å². The topological polar surface area (TPSA) is 53.3 Å². The molecule has 4 heteroatoms. The van der Waals surface area contributed by atoms with Crippen molar-refractivity contribution in [2.75, 3.05) is 0 Å². The van der Waals surface area contributed by atoms with E-state index in [0.29, 0.717) is 30.1 Å². The van der Waals surface area contributed by atoms with E-state index >= 15 is 0 Å². The number of nitrogens with zero attached hydrogens (tertiary/aromatic N) is 1. The third kappa shape index (κ3) is 4.42. The Hall–Kier alpha value is -0.160. The molecule has 1 aliphatic heterocycles. The van der Waals surface area contributed by atoms with E-state index in [4.69, 9.17) is 5.73 Å². The molecule has 166 valence electrons. The molecule has 0 amide bonds. The molecule has 4 aliphatic carbocycles. The Morgan fingerprint density at radius 1 is 0.724 bits per heavy atom. The minimum Gasteiger partial charge on any atom is -0.327 e. The summed E-state index contributed by atoms with van der Waals surface area (Å²) in [5.74, 6) is 0.665. The van der Waals surface area contributed by atoms with Crippen molar-refractivity contribution < 1.29 is 0 Å². The van der Waals surface area contributed by atoms with E-state index in [1.807, 2.05) is 0 Å². The lowest BCUT2D eigenvalue weighted by atomic mass is 9.72. The highest BCUT2D eigenvalue weighted by atomic mass is 15.3. The smallest absolute Gasteiger partial charge is 0.0270 e. The predicted octanol–water partition coefficient (Wildman–Crippen LogP) is 3.93. The van der Waals surface area contributed by atoms with Crippen molar-refractivity contribution in [3.8, 4) is 0 Å². The van der Waals surface area contributed by atoms with Crippen molar-refractivity contribution in [1.29, 1.82) is 0 Å². The second kappa shape index (κ2) is 9.14. The van der Waals surface area contributed by atoms with E-state index in [0.717, 1.165) is 24.2 Å². The predicted molar refractivity (Wildman–Crippen MR) is 121 cm³/mol. The Morgan fingerprint density at radius 3 is 2.17 bits per heavy atom. The first-order chi connectivity index (χ1) is 14.2. The summed E-state index contributed by atoms with van der Waals surface area (Å²) in [6.07, 6.45) is 20.9. The fourth-order valence-electron chi connectivity index (χ4n) is 7.78. The second-order valence-electron chi connectivity index (χ2n) is 11.4. The molecule has 0 aromatic carbocycles. The van der Waals surface area contributed by atoms with Gasteiger partial charge in [-0.15, -0.1) is 0 Å². The van der Waals surface area contributed by atoms with Gasteiger partial charge in [0, 0.05) is 48.3 Å². The monoisotopic (exact) mass is 402 g/mol. The van der Waals surface area contributed by atoms with Crippen LogP contribution in [-0.4, -0.2) is 53.2 Å². The molecule has 0 aromatic heterocycles. The highest BCUT2D eigenvalue weighted by molar-refractivity contribution is 5.09.